The van der Waals surface area contributed by atoms with Gasteiger partial charge in [0.1, 0.15) is 12.1 Å². The summed E-state index contributed by atoms with van der Waals surface area (Å²) in [4.78, 5) is 15.8. The van der Waals surface area contributed by atoms with E-state index < -0.39 is 0 Å². The second kappa shape index (κ2) is 3.96. The minimum absolute atomic E-state index is 0.148. The molecule has 0 bridgehead atoms. The molecule has 0 amide bonds. The van der Waals surface area contributed by atoms with Gasteiger partial charge in [-0.25, -0.2) is 4.98 Å². The first kappa shape index (κ1) is 9.45. The molecule has 0 fully saturated rings. The Kier molecular flexibility index (Phi) is 2.49. The molecule has 0 aliphatic heterocycles. The van der Waals surface area contributed by atoms with Crippen LogP contribution in [0, 0.1) is 0 Å². The summed E-state index contributed by atoms with van der Waals surface area (Å²) in [5.41, 5.74) is 0.526. The lowest BCUT2D eigenvalue weighted by molar-refractivity contribution is 0.0957. The van der Waals surface area contributed by atoms with Crippen molar-refractivity contribution in [2.24, 2.45) is 0 Å². The van der Waals surface area contributed by atoms with Gasteiger partial charge in [0.2, 0.25) is 0 Å². The summed E-state index contributed by atoms with van der Waals surface area (Å²) in [6.45, 7) is 0. The van der Waals surface area contributed by atoms with Crippen LogP contribution in [0.3, 0.4) is 0 Å². The lowest BCUT2D eigenvalue weighted by Gasteiger charge is -2.06. The summed E-state index contributed by atoms with van der Waals surface area (Å²) in [7, 11) is 1.54. The lowest BCUT2D eigenvalue weighted by atomic mass is 10.2. The molecule has 0 N–H and O–H groups in total. The van der Waals surface area contributed by atoms with E-state index in [4.69, 9.17) is 4.74 Å². The molecule has 0 aliphatic rings. The summed E-state index contributed by atoms with van der Waals surface area (Å²) in [6.07, 6.45) is 4.64. The number of para-hydroxylation sites is 1. The Morgan fingerprint density at radius 1 is 1.40 bits per heavy atom. The standard InChI is InChI=1S/C11H10N2O2/c1-15-10-5-3-2-4-9(10)11(14)13-7-6-12-8-13/h2-8H,1H3. The summed E-state index contributed by atoms with van der Waals surface area (Å²) < 4.78 is 6.52. The van der Waals surface area contributed by atoms with Crippen molar-refractivity contribution < 1.29 is 9.53 Å². The summed E-state index contributed by atoms with van der Waals surface area (Å²) in [5.74, 6) is 0.418. The zero-order valence-corrected chi connectivity index (χ0v) is 8.25. The molecule has 0 aliphatic carbocycles. The van der Waals surface area contributed by atoms with Crippen LogP contribution in [0.25, 0.3) is 0 Å². The predicted octanol–water partition coefficient (Wildman–Crippen LogP) is 1.58. The Bertz CT molecular complexity index is 463. The Labute approximate surface area is 87.1 Å². The third-order valence-corrected chi connectivity index (χ3v) is 2.08. The molecule has 4 nitrogen and oxygen atoms in total. The van der Waals surface area contributed by atoms with E-state index in [0.29, 0.717) is 11.3 Å². The van der Waals surface area contributed by atoms with Gasteiger partial charge in [-0.15, -0.1) is 0 Å². The molecular weight excluding hydrogens is 192 g/mol. The Morgan fingerprint density at radius 2 is 2.20 bits per heavy atom. The van der Waals surface area contributed by atoms with Crippen molar-refractivity contribution in [1.82, 2.24) is 9.55 Å². The van der Waals surface area contributed by atoms with Crippen LogP contribution in [0.1, 0.15) is 10.4 Å². The molecule has 0 atom stereocenters. The third kappa shape index (κ3) is 1.74. The highest BCUT2D eigenvalue weighted by Gasteiger charge is 2.12. The first-order chi connectivity index (χ1) is 7.33. The molecule has 0 saturated carbocycles. The molecule has 0 unspecified atom stereocenters. The number of carbonyl (C=O) groups is 1. The zero-order valence-electron chi connectivity index (χ0n) is 8.25. The quantitative estimate of drug-likeness (QED) is 0.742. The molecule has 1 heterocycles. The van der Waals surface area contributed by atoms with Crippen molar-refractivity contribution in [2.45, 2.75) is 0 Å². The van der Waals surface area contributed by atoms with Crippen LogP contribution in [-0.2, 0) is 0 Å². The molecule has 2 rings (SSSR count). The van der Waals surface area contributed by atoms with Crippen LogP contribution in [0.5, 0.6) is 5.75 Å². The van der Waals surface area contributed by atoms with Gasteiger partial charge >= 0.3 is 0 Å². The third-order valence-electron chi connectivity index (χ3n) is 2.08. The minimum atomic E-state index is -0.148. The van der Waals surface area contributed by atoms with Gasteiger partial charge in [0, 0.05) is 12.4 Å². The van der Waals surface area contributed by atoms with Crippen LogP contribution in [0.2, 0.25) is 0 Å². The van der Waals surface area contributed by atoms with Gasteiger partial charge in [0.05, 0.1) is 12.7 Å². The Hall–Kier alpha value is -2.10. The van der Waals surface area contributed by atoms with E-state index in [1.165, 1.54) is 10.9 Å². The molecule has 1 aromatic carbocycles. The van der Waals surface area contributed by atoms with Crippen LogP contribution in [0.15, 0.2) is 43.0 Å². The monoisotopic (exact) mass is 202 g/mol. The van der Waals surface area contributed by atoms with Crippen molar-refractivity contribution in [1.29, 1.82) is 0 Å². The number of carbonyl (C=O) groups excluding carboxylic acids is 1. The number of rotatable bonds is 2. The second-order valence-corrected chi connectivity index (χ2v) is 2.98. The number of hydrogen-bond acceptors (Lipinski definition) is 3. The highest BCUT2D eigenvalue weighted by atomic mass is 16.5. The average molecular weight is 202 g/mol. The number of hydrogen-bond donors (Lipinski definition) is 0. The number of imidazole rings is 1. The fraction of sp³-hybridized carbons (Fsp3) is 0.0909. The van der Waals surface area contributed by atoms with Crippen molar-refractivity contribution in [3.63, 3.8) is 0 Å². The summed E-state index contributed by atoms with van der Waals surface area (Å²) in [5, 5.41) is 0. The highest BCUT2D eigenvalue weighted by Crippen LogP contribution is 2.18. The molecular formula is C11H10N2O2. The van der Waals surface area contributed by atoms with Gasteiger partial charge in [-0.05, 0) is 12.1 Å². The zero-order chi connectivity index (χ0) is 10.7. The highest BCUT2D eigenvalue weighted by molar-refractivity contribution is 5.98. The predicted molar refractivity (Wildman–Crippen MR) is 54.9 cm³/mol. The van der Waals surface area contributed by atoms with Crippen molar-refractivity contribution >= 4 is 5.91 Å². The van der Waals surface area contributed by atoms with E-state index in [0.717, 1.165) is 0 Å². The molecule has 4 heteroatoms. The van der Waals surface area contributed by atoms with E-state index >= 15 is 0 Å². The number of aromatic nitrogens is 2. The molecule has 0 spiro atoms. The largest absolute Gasteiger partial charge is 0.496 e. The van der Waals surface area contributed by atoms with Crippen molar-refractivity contribution in [2.75, 3.05) is 7.11 Å². The van der Waals surface area contributed by atoms with Crippen LogP contribution in [-0.4, -0.2) is 22.6 Å². The molecule has 1 aromatic heterocycles. The van der Waals surface area contributed by atoms with Crippen molar-refractivity contribution in [3.05, 3.63) is 48.5 Å². The lowest BCUT2D eigenvalue weighted by Crippen LogP contribution is -2.10. The maximum absolute atomic E-state index is 11.9. The van der Waals surface area contributed by atoms with Crippen LogP contribution >= 0.6 is 0 Å². The van der Waals surface area contributed by atoms with E-state index in [1.807, 2.05) is 6.07 Å². The van der Waals surface area contributed by atoms with E-state index in [9.17, 15) is 4.79 Å². The van der Waals surface area contributed by atoms with E-state index in [1.54, 1.807) is 37.7 Å². The molecule has 0 saturated heterocycles. The first-order valence-electron chi connectivity index (χ1n) is 4.48. The van der Waals surface area contributed by atoms with Crippen LogP contribution < -0.4 is 4.74 Å². The smallest absolute Gasteiger partial charge is 0.266 e. The topological polar surface area (TPSA) is 44.1 Å². The summed E-state index contributed by atoms with van der Waals surface area (Å²) >= 11 is 0. The fourth-order valence-electron chi connectivity index (χ4n) is 1.34. The second-order valence-electron chi connectivity index (χ2n) is 2.98. The number of nitrogens with zero attached hydrogens (tertiary/aromatic N) is 2. The first-order valence-corrected chi connectivity index (χ1v) is 4.48. The number of methoxy groups -OCH3 is 1. The van der Waals surface area contributed by atoms with Gasteiger partial charge in [-0.3, -0.25) is 9.36 Å². The fourth-order valence-corrected chi connectivity index (χ4v) is 1.34. The Morgan fingerprint density at radius 3 is 2.87 bits per heavy atom. The number of ether oxygens (including phenoxy) is 1. The van der Waals surface area contributed by atoms with Crippen LogP contribution in [0.4, 0.5) is 0 Å². The van der Waals surface area contributed by atoms with E-state index in [-0.39, 0.29) is 5.91 Å². The average Bonchev–Trinajstić information content (AvgIpc) is 2.81. The Balaban J connectivity index is 2.42. The van der Waals surface area contributed by atoms with Gasteiger partial charge in [-0.2, -0.15) is 0 Å². The SMILES string of the molecule is COc1ccccc1C(=O)n1ccnc1. The molecule has 15 heavy (non-hydrogen) atoms. The molecule has 76 valence electrons. The minimum Gasteiger partial charge on any atom is -0.496 e. The van der Waals surface area contributed by atoms with Gasteiger partial charge in [0.25, 0.3) is 5.91 Å². The van der Waals surface area contributed by atoms with Crippen molar-refractivity contribution in [3.8, 4) is 5.75 Å². The summed E-state index contributed by atoms with van der Waals surface area (Å²) in [6, 6.07) is 7.10. The van der Waals surface area contributed by atoms with E-state index in [2.05, 4.69) is 4.98 Å². The van der Waals surface area contributed by atoms with Gasteiger partial charge < -0.3 is 4.74 Å². The molecule has 2 aromatic rings. The maximum Gasteiger partial charge on any atom is 0.266 e. The normalized spacial score (nSPS) is 9.93. The van der Waals surface area contributed by atoms with Gasteiger partial charge in [0.15, 0.2) is 0 Å². The molecule has 0 radical (unpaired) electrons. The number of benzene rings is 1. The maximum atomic E-state index is 11.9. The van der Waals surface area contributed by atoms with Gasteiger partial charge in [-0.1, -0.05) is 12.1 Å².